The molecule has 0 aliphatic carbocycles. The van der Waals surface area contributed by atoms with Gasteiger partial charge in [0.15, 0.2) is 11.6 Å². The van der Waals surface area contributed by atoms with E-state index < -0.39 is 11.7 Å². The number of carbonyl (C=O) groups is 1. The molecule has 0 aliphatic rings. The summed E-state index contributed by atoms with van der Waals surface area (Å²) in [4.78, 5) is 10.5. The standard InChI is InChI=1S/C9H10FNO2/c1-5-2-6(4-8(11)12)3-7(10)9(5)13/h2-3,13H,4H2,1H3,(H2,11,12). The maximum Gasteiger partial charge on any atom is 0.221 e. The van der Waals surface area contributed by atoms with Crippen LogP contribution in [-0.2, 0) is 11.2 Å². The van der Waals surface area contributed by atoms with E-state index in [2.05, 4.69) is 0 Å². The Bertz CT molecular complexity index is 326. The number of hydrogen-bond donors (Lipinski definition) is 2. The third-order valence-corrected chi connectivity index (χ3v) is 1.69. The second-order valence-corrected chi connectivity index (χ2v) is 2.89. The summed E-state index contributed by atoms with van der Waals surface area (Å²) in [6.45, 7) is 1.56. The Morgan fingerprint density at radius 3 is 2.69 bits per heavy atom. The number of primary amides is 1. The van der Waals surface area contributed by atoms with Gasteiger partial charge < -0.3 is 10.8 Å². The van der Waals surface area contributed by atoms with E-state index in [4.69, 9.17) is 10.8 Å². The number of halogens is 1. The Morgan fingerprint density at radius 2 is 2.23 bits per heavy atom. The molecule has 1 amide bonds. The number of carbonyl (C=O) groups excluding carboxylic acids is 1. The molecule has 70 valence electrons. The van der Waals surface area contributed by atoms with Crippen LogP contribution in [0.25, 0.3) is 0 Å². The van der Waals surface area contributed by atoms with Gasteiger partial charge in [-0.3, -0.25) is 4.79 Å². The lowest BCUT2D eigenvalue weighted by atomic mass is 10.1. The van der Waals surface area contributed by atoms with Gasteiger partial charge in [-0.05, 0) is 24.1 Å². The molecule has 0 aromatic heterocycles. The molecule has 0 atom stereocenters. The Kier molecular flexibility index (Phi) is 2.51. The zero-order valence-corrected chi connectivity index (χ0v) is 7.17. The molecule has 13 heavy (non-hydrogen) atoms. The van der Waals surface area contributed by atoms with E-state index in [1.165, 1.54) is 6.07 Å². The first-order valence-corrected chi connectivity index (χ1v) is 3.77. The smallest absolute Gasteiger partial charge is 0.221 e. The highest BCUT2D eigenvalue weighted by Gasteiger charge is 2.07. The van der Waals surface area contributed by atoms with Crippen molar-refractivity contribution in [3.8, 4) is 5.75 Å². The fraction of sp³-hybridized carbons (Fsp3) is 0.222. The van der Waals surface area contributed by atoms with E-state index >= 15 is 0 Å². The van der Waals surface area contributed by atoms with Crippen molar-refractivity contribution in [3.05, 3.63) is 29.1 Å². The van der Waals surface area contributed by atoms with Crippen molar-refractivity contribution in [1.29, 1.82) is 0 Å². The largest absolute Gasteiger partial charge is 0.505 e. The first-order chi connectivity index (χ1) is 6.00. The van der Waals surface area contributed by atoms with Gasteiger partial charge in [-0.2, -0.15) is 0 Å². The van der Waals surface area contributed by atoms with Crippen LogP contribution in [0.3, 0.4) is 0 Å². The fourth-order valence-electron chi connectivity index (χ4n) is 1.11. The van der Waals surface area contributed by atoms with Crippen molar-refractivity contribution >= 4 is 5.91 Å². The molecule has 0 saturated carbocycles. The van der Waals surface area contributed by atoms with Crippen molar-refractivity contribution in [1.82, 2.24) is 0 Å². The molecule has 0 radical (unpaired) electrons. The van der Waals surface area contributed by atoms with E-state index in [0.717, 1.165) is 6.07 Å². The molecule has 0 fully saturated rings. The molecule has 0 aliphatic heterocycles. The number of rotatable bonds is 2. The van der Waals surface area contributed by atoms with E-state index in [-0.39, 0.29) is 12.2 Å². The van der Waals surface area contributed by atoms with Gasteiger partial charge in [0.1, 0.15) is 0 Å². The van der Waals surface area contributed by atoms with Gasteiger partial charge in [0.25, 0.3) is 0 Å². The maximum absolute atomic E-state index is 12.9. The zero-order chi connectivity index (χ0) is 10.0. The third-order valence-electron chi connectivity index (χ3n) is 1.69. The highest BCUT2D eigenvalue weighted by atomic mass is 19.1. The van der Waals surface area contributed by atoms with Crippen LogP contribution in [0.15, 0.2) is 12.1 Å². The van der Waals surface area contributed by atoms with Crippen molar-refractivity contribution < 1.29 is 14.3 Å². The van der Waals surface area contributed by atoms with Crippen molar-refractivity contribution in [2.75, 3.05) is 0 Å². The quantitative estimate of drug-likeness (QED) is 0.714. The van der Waals surface area contributed by atoms with Crippen LogP contribution in [0.1, 0.15) is 11.1 Å². The minimum absolute atomic E-state index is 0.0158. The van der Waals surface area contributed by atoms with Gasteiger partial charge >= 0.3 is 0 Å². The van der Waals surface area contributed by atoms with Crippen LogP contribution in [0.4, 0.5) is 4.39 Å². The van der Waals surface area contributed by atoms with Gasteiger partial charge in [-0.15, -0.1) is 0 Å². The number of phenols is 1. The molecule has 3 nitrogen and oxygen atoms in total. The van der Waals surface area contributed by atoms with Crippen LogP contribution < -0.4 is 5.73 Å². The predicted molar refractivity (Wildman–Crippen MR) is 45.7 cm³/mol. The summed E-state index contributed by atoms with van der Waals surface area (Å²) in [6.07, 6.45) is -0.0158. The van der Waals surface area contributed by atoms with Crippen molar-refractivity contribution in [3.63, 3.8) is 0 Å². The Balaban J connectivity index is 3.06. The molecule has 4 heteroatoms. The molecule has 0 heterocycles. The molecule has 1 aromatic carbocycles. The molecule has 0 bridgehead atoms. The summed E-state index contributed by atoms with van der Waals surface area (Å²) in [7, 11) is 0. The van der Waals surface area contributed by atoms with Gasteiger partial charge in [-0.25, -0.2) is 4.39 Å². The Morgan fingerprint density at radius 1 is 1.62 bits per heavy atom. The summed E-state index contributed by atoms with van der Waals surface area (Å²) in [5.74, 6) is -1.63. The Labute approximate surface area is 75.0 Å². The van der Waals surface area contributed by atoms with Crippen LogP contribution in [0.2, 0.25) is 0 Å². The third kappa shape index (κ3) is 2.18. The van der Waals surface area contributed by atoms with Crippen LogP contribution >= 0.6 is 0 Å². The van der Waals surface area contributed by atoms with Crippen LogP contribution in [0.5, 0.6) is 5.75 Å². The molecule has 0 unspecified atom stereocenters. The van der Waals surface area contributed by atoms with E-state index in [1.807, 2.05) is 0 Å². The number of phenolic OH excluding ortho intramolecular Hbond substituents is 1. The SMILES string of the molecule is Cc1cc(CC(N)=O)cc(F)c1O. The summed E-state index contributed by atoms with van der Waals surface area (Å²) in [6, 6.07) is 2.64. The zero-order valence-electron chi connectivity index (χ0n) is 7.17. The number of aromatic hydroxyl groups is 1. The van der Waals surface area contributed by atoms with Gasteiger partial charge in [0.2, 0.25) is 5.91 Å². The highest BCUT2D eigenvalue weighted by molar-refractivity contribution is 5.76. The monoisotopic (exact) mass is 183 g/mol. The van der Waals surface area contributed by atoms with Gasteiger partial charge in [-0.1, -0.05) is 6.07 Å². The maximum atomic E-state index is 12.9. The normalized spacial score (nSPS) is 10.0. The molecule has 1 rings (SSSR count). The van der Waals surface area contributed by atoms with Gasteiger partial charge in [0, 0.05) is 0 Å². The fourth-order valence-corrected chi connectivity index (χ4v) is 1.11. The topological polar surface area (TPSA) is 63.3 Å². The average Bonchev–Trinajstić information content (AvgIpc) is 1.98. The molecular weight excluding hydrogens is 173 g/mol. The van der Waals surface area contributed by atoms with Crippen LogP contribution in [0, 0.1) is 12.7 Å². The molecule has 0 spiro atoms. The Hall–Kier alpha value is -1.58. The van der Waals surface area contributed by atoms with Crippen molar-refractivity contribution in [2.24, 2.45) is 5.73 Å². The second-order valence-electron chi connectivity index (χ2n) is 2.89. The minimum atomic E-state index is -0.726. The summed E-state index contributed by atoms with van der Waals surface area (Å²) in [5.41, 5.74) is 5.81. The first-order valence-electron chi connectivity index (χ1n) is 3.77. The predicted octanol–water partition coefficient (Wildman–Crippen LogP) is 0.868. The highest BCUT2D eigenvalue weighted by Crippen LogP contribution is 2.22. The number of hydrogen-bond acceptors (Lipinski definition) is 2. The lowest BCUT2D eigenvalue weighted by Gasteiger charge is -2.03. The summed E-state index contributed by atoms with van der Waals surface area (Å²) in [5, 5.41) is 9.07. The number of amides is 1. The number of benzene rings is 1. The minimum Gasteiger partial charge on any atom is -0.505 e. The second kappa shape index (κ2) is 3.43. The number of nitrogens with two attached hydrogens (primary N) is 1. The summed E-state index contributed by atoms with van der Waals surface area (Å²) < 4.78 is 12.9. The lowest BCUT2D eigenvalue weighted by molar-refractivity contribution is -0.117. The number of aryl methyl sites for hydroxylation is 1. The molecule has 3 N–H and O–H groups in total. The lowest BCUT2D eigenvalue weighted by Crippen LogP contribution is -2.13. The van der Waals surface area contributed by atoms with Crippen LogP contribution in [-0.4, -0.2) is 11.0 Å². The van der Waals surface area contributed by atoms with E-state index in [0.29, 0.717) is 11.1 Å². The average molecular weight is 183 g/mol. The molecular formula is C9H10FNO2. The first kappa shape index (κ1) is 9.51. The van der Waals surface area contributed by atoms with E-state index in [1.54, 1.807) is 6.92 Å². The van der Waals surface area contributed by atoms with E-state index in [9.17, 15) is 9.18 Å². The van der Waals surface area contributed by atoms with Crippen molar-refractivity contribution in [2.45, 2.75) is 13.3 Å². The summed E-state index contributed by atoms with van der Waals surface area (Å²) >= 11 is 0. The van der Waals surface area contributed by atoms with Gasteiger partial charge in [0.05, 0.1) is 6.42 Å². The molecule has 0 saturated heterocycles. The molecule has 1 aromatic rings.